The van der Waals surface area contributed by atoms with Crippen molar-refractivity contribution in [3.05, 3.63) is 46.5 Å². The summed E-state index contributed by atoms with van der Waals surface area (Å²) in [4.78, 5) is 5.98. The zero-order chi connectivity index (χ0) is 17.8. The molecule has 0 radical (unpaired) electrons. The molecule has 0 aliphatic carbocycles. The van der Waals surface area contributed by atoms with Crippen LogP contribution in [0.5, 0.6) is 0 Å². The average molecular weight is 348 g/mol. The van der Waals surface area contributed by atoms with E-state index < -0.39 is 11.7 Å². The van der Waals surface area contributed by atoms with Crippen molar-refractivity contribution in [2.24, 2.45) is 0 Å². The third kappa shape index (κ3) is 2.59. The molecule has 0 fully saturated rings. The number of anilines is 1. The van der Waals surface area contributed by atoms with E-state index in [0.717, 1.165) is 23.1 Å². The Labute approximate surface area is 141 Å². The van der Waals surface area contributed by atoms with Gasteiger partial charge in [-0.1, -0.05) is 0 Å². The second kappa shape index (κ2) is 5.40. The molecular weight excluding hydrogens is 333 g/mol. The predicted octanol–water partition coefficient (Wildman–Crippen LogP) is 2.72. The summed E-state index contributed by atoms with van der Waals surface area (Å²) < 4.78 is 40.4. The van der Waals surface area contributed by atoms with Crippen molar-refractivity contribution < 1.29 is 13.2 Å². The molecule has 1 aliphatic rings. The smallest absolute Gasteiger partial charge is 0.350 e. The number of hydrogen-bond acceptors (Lipinski definition) is 5. The second-order valence-corrected chi connectivity index (χ2v) is 6.17. The van der Waals surface area contributed by atoms with Gasteiger partial charge in [-0.3, -0.25) is 4.98 Å². The summed E-state index contributed by atoms with van der Waals surface area (Å²) in [5, 5.41) is 12.4. The summed E-state index contributed by atoms with van der Waals surface area (Å²) in [7, 11) is 0. The lowest BCUT2D eigenvalue weighted by atomic mass is 10.0. The van der Waals surface area contributed by atoms with Gasteiger partial charge in [-0.15, -0.1) is 15.3 Å². The van der Waals surface area contributed by atoms with Crippen LogP contribution >= 0.6 is 0 Å². The van der Waals surface area contributed by atoms with E-state index in [1.807, 2.05) is 18.7 Å². The first kappa shape index (κ1) is 15.8. The molecule has 0 saturated carbocycles. The average Bonchev–Trinajstić information content (AvgIpc) is 3.05. The number of aromatic nitrogens is 5. The molecule has 0 saturated heterocycles. The number of pyridine rings is 1. The molecule has 1 aliphatic heterocycles. The highest BCUT2D eigenvalue weighted by atomic mass is 19.4. The van der Waals surface area contributed by atoms with Gasteiger partial charge in [0.25, 0.3) is 0 Å². The first-order chi connectivity index (χ1) is 11.8. The molecular formula is C16H15F3N6. The van der Waals surface area contributed by atoms with Gasteiger partial charge >= 0.3 is 6.18 Å². The van der Waals surface area contributed by atoms with Crippen molar-refractivity contribution >= 4 is 11.5 Å². The molecule has 0 spiro atoms. The number of fused-ring (bicyclic) bond motifs is 2. The molecule has 0 atom stereocenters. The maximum Gasteiger partial charge on any atom is 0.417 e. The lowest BCUT2D eigenvalue weighted by molar-refractivity contribution is -0.137. The Morgan fingerprint density at radius 1 is 1.16 bits per heavy atom. The lowest BCUT2D eigenvalue weighted by Crippen LogP contribution is -2.33. The van der Waals surface area contributed by atoms with E-state index in [1.54, 1.807) is 4.52 Å². The van der Waals surface area contributed by atoms with E-state index in [4.69, 9.17) is 0 Å². The Hall–Kier alpha value is -2.71. The Bertz CT molecular complexity index is 962. The molecule has 0 bridgehead atoms. The van der Waals surface area contributed by atoms with E-state index >= 15 is 0 Å². The number of aryl methyl sites for hydroxylation is 1. The molecule has 9 heteroatoms. The molecule has 0 unspecified atom stereocenters. The molecule has 4 rings (SSSR count). The van der Waals surface area contributed by atoms with Gasteiger partial charge in [0.05, 0.1) is 5.56 Å². The van der Waals surface area contributed by atoms with Crippen molar-refractivity contribution in [1.29, 1.82) is 0 Å². The third-order valence-electron chi connectivity index (χ3n) is 4.63. The Morgan fingerprint density at radius 3 is 2.72 bits per heavy atom. The number of hydrogen-bond donors (Lipinski definition) is 0. The number of halogens is 3. The third-order valence-corrected chi connectivity index (χ3v) is 4.63. The van der Waals surface area contributed by atoms with Gasteiger partial charge in [-0.2, -0.15) is 17.7 Å². The minimum atomic E-state index is -4.39. The standard InChI is InChI=1S/C16H15F3N6/c1-9-10(2)15(23-25-8-21-22-14(9)25)24-4-3-13-11(7-24)5-12(6-20-13)16(17,18)19/h5-6,8H,3-4,7H2,1-2H3. The van der Waals surface area contributed by atoms with Crippen LogP contribution in [0.2, 0.25) is 0 Å². The van der Waals surface area contributed by atoms with Crippen LogP contribution in [0.3, 0.4) is 0 Å². The SMILES string of the molecule is Cc1c(N2CCc3ncc(C(F)(F)F)cc3C2)nn2cnnc2c1C. The first-order valence-electron chi connectivity index (χ1n) is 7.82. The summed E-state index contributed by atoms with van der Waals surface area (Å²) in [6, 6.07) is 1.19. The maximum absolute atomic E-state index is 13.0. The molecule has 3 aromatic heterocycles. The molecule has 3 aromatic rings. The van der Waals surface area contributed by atoms with Gasteiger partial charge in [0.2, 0.25) is 0 Å². The quantitative estimate of drug-likeness (QED) is 0.677. The van der Waals surface area contributed by atoms with Crippen LogP contribution < -0.4 is 4.90 Å². The fraction of sp³-hybridized carbons (Fsp3) is 0.375. The van der Waals surface area contributed by atoms with Crippen LogP contribution in [-0.4, -0.2) is 31.3 Å². The van der Waals surface area contributed by atoms with Crippen molar-refractivity contribution in [3.8, 4) is 0 Å². The lowest BCUT2D eigenvalue weighted by Gasteiger charge is -2.30. The zero-order valence-electron chi connectivity index (χ0n) is 13.7. The van der Waals surface area contributed by atoms with Crippen LogP contribution in [0.4, 0.5) is 19.0 Å². The summed E-state index contributed by atoms with van der Waals surface area (Å²) in [6.07, 6.45) is -1.39. The molecule has 130 valence electrons. The van der Waals surface area contributed by atoms with Crippen molar-refractivity contribution in [1.82, 2.24) is 24.8 Å². The van der Waals surface area contributed by atoms with E-state index in [2.05, 4.69) is 20.3 Å². The van der Waals surface area contributed by atoms with Crippen LogP contribution in [0.15, 0.2) is 18.6 Å². The fourth-order valence-electron chi connectivity index (χ4n) is 3.12. The van der Waals surface area contributed by atoms with E-state index in [-0.39, 0.29) is 0 Å². The minimum absolute atomic E-state index is 0.340. The monoisotopic (exact) mass is 348 g/mol. The summed E-state index contributed by atoms with van der Waals surface area (Å²) >= 11 is 0. The Morgan fingerprint density at radius 2 is 1.96 bits per heavy atom. The highest BCUT2D eigenvalue weighted by Crippen LogP contribution is 2.32. The molecule has 25 heavy (non-hydrogen) atoms. The van der Waals surface area contributed by atoms with Gasteiger partial charge in [-0.05, 0) is 25.5 Å². The van der Waals surface area contributed by atoms with Gasteiger partial charge in [0, 0.05) is 42.5 Å². The molecule has 4 heterocycles. The van der Waals surface area contributed by atoms with Gasteiger partial charge in [-0.25, -0.2) is 0 Å². The Balaban J connectivity index is 1.74. The molecule has 0 amide bonds. The van der Waals surface area contributed by atoms with Crippen LogP contribution in [0, 0.1) is 13.8 Å². The van der Waals surface area contributed by atoms with Crippen LogP contribution in [0.25, 0.3) is 5.65 Å². The van der Waals surface area contributed by atoms with Crippen molar-refractivity contribution in [2.75, 3.05) is 11.4 Å². The zero-order valence-corrected chi connectivity index (χ0v) is 13.7. The minimum Gasteiger partial charge on any atom is -0.350 e. The summed E-state index contributed by atoms with van der Waals surface area (Å²) in [5.41, 5.74) is 3.16. The maximum atomic E-state index is 13.0. The van der Waals surface area contributed by atoms with Crippen molar-refractivity contribution in [2.45, 2.75) is 33.0 Å². The molecule has 6 nitrogen and oxygen atoms in total. The van der Waals surface area contributed by atoms with Gasteiger partial charge < -0.3 is 4.90 Å². The number of rotatable bonds is 1. The van der Waals surface area contributed by atoms with Crippen molar-refractivity contribution in [3.63, 3.8) is 0 Å². The topological polar surface area (TPSA) is 59.2 Å². The number of nitrogens with zero attached hydrogens (tertiary/aromatic N) is 6. The van der Waals surface area contributed by atoms with E-state index in [1.165, 1.54) is 12.4 Å². The van der Waals surface area contributed by atoms with E-state index in [0.29, 0.717) is 36.4 Å². The van der Waals surface area contributed by atoms with E-state index in [9.17, 15) is 13.2 Å². The van der Waals surface area contributed by atoms with Crippen LogP contribution in [-0.2, 0) is 19.1 Å². The highest BCUT2D eigenvalue weighted by molar-refractivity contribution is 5.59. The highest BCUT2D eigenvalue weighted by Gasteiger charge is 2.32. The largest absolute Gasteiger partial charge is 0.417 e. The number of alkyl halides is 3. The summed E-state index contributed by atoms with van der Waals surface area (Å²) in [5.74, 6) is 0.730. The van der Waals surface area contributed by atoms with Gasteiger partial charge in [0.15, 0.2) is 11.5 Å². The first-order valence-corrected chi connectivity index (χ1v) is 7.82. The normalized spacial score (nSPS) is 14.8. The van der Waals surface area contributed by atoms with Gasteiger partial charge in [0.1, 0.15) is 6.33 Å². The summed E-state index contributed by atoms with van der Waals surface area (Å²) in [6.45, 7) is 4.86. The van der Waals surface area contributed by atoms with Crippen LogP contribution in [0.1, 0.15) is 27.9 Å². The Kier molecular flexibility index (Phi) is 3.41. The second-order valence-electron chi connectivity index (χ2n) is 6.17. The fourth-order valence-corrected chi connectivity index (χ4v) is 3.12. The predicted molar refractivity (Wildman–Crippen MR) is 84.2 cm³/mol. The molecule has 0 aromatic carbocycles. The molecule has 0 N–H and O–H groups in total.